The molecule has 2 aromatic heterocycles. The molecule has 3 heterocycles. The van der Waals surface area contributed by atoms with E-state index in [-0.39, 0.29) is 23.1 Å². The van der Waals surface area contributed by atoms with Gasteiger partial charge in [-0.2, -0.15) is 0 Å². The Morgan fingerprint density at radius 2 is 1.82 bits per heavy atom. The summed E-state index contributed by atoms with van der Waals surface area (Å²) in [5.74, 6) is 0.766. The molecule has 0 radical (unpaired) electrons. The van der Waals surface area contributed by atoms with Gasteiger partial charge in [0.25, 0.3) is 0 Å². The zero-order chi connectivity index (χ0) is 32.1. The van der Waals surface area contributed by atoms with Crippen molar-refractivity contribution in [2.75, 3.05) is 37.9 Å². The summed E-state index contributed by atoms with van der Waals surface area (Å²) < 4.78 is 22.2. The third-order valence-corrected chi connectivity index (χ3v) is 8.52. The lowest BCUT2D eigenvalue weighted by Crippen LogP contribution is -2.54. The molecule has 1 aliphatic rings. The molecule has 0 saturated carbocycles. The van der Waals surface area contributed by atoms with Crippen LogP contribution in [0.25, 0.3) is 0 Å². The first-order valence-corrected chi connectivity index (χ1v) is 15.2. The number of esters is 1. The molecule has 3 aromatic rings. The standard InChI is InChI=1S/C31H38ClN5O6S/c1-30(2,3)43-29(39)36-31(4)12-15-37(16-13-31)21-17-22(42-18-19-7-9-20(40-5)10-8-19)27(35-25(21)28(38)41-6)44-23-11-14-34-26(33)24(23)32/h7-11,14,17H,12-13,15-16,18H2,1-6H3,(H2,33,34)(H,36,39). The number of halogens is 1. The molecule has 1 aromatic carbocycles. The smallest absolute Gasteiger partial charge is 0.408 e. The Balaban J connectivity index is 1.66. The van der Waals surface area contributed by atoms with Gasteiger partial charge in [-0.1, -0.05) is 35.5 Å². The van der Waals surface area contributed by atoms with Crippen molar-refractivity contribution >= 4 is 46.9 Å². The van der Waals surface area contributed by atoms with Crippen molar-refractivity contribution in [2.24, 2.45) is 0 Å². The molecular weight excluding hydrogens is 606 g/mol. The predicted molar refractivity (Wildman–Crippen MR) is 170 cm³/mol. The van der Waals surface area contributed by atoms with Crippen molar-refractivity contribution in [2.45, 2.75) is 68.2 Å². The van der Waals surface area contributed by atoms with Gasteiger partial charge in [-0.15, -0.1) is 0 Å². The predicted octanol–water partition coefficient (Wildman–Crippen LogP) is 6.12. The van der Waals surface area contributed by atoms with E-state index in [0.29, 0.717) is 47.3 Å². The second kappa shape index (κ2) is 13.8. The van der Waals surface area contributed by atoms with E-state index >= 15 is 0 Å². The number of hydrogen-bond acceptors (Lipinski definition) is 11. The van der Waals surface area contributed by atoms with Gasteiger partial charge in [0.1, 0.15) is 28.8 Å². The molecule has 1 saturated heterocycles. The van der Waals surface area contributed by atoms with Crippen LogP contribution >= 0.6 is 23.4 Å². The van der Waals surface area contributed by atoms with Gasteiger partial charge in [0, 0.05) is 35.8 Å². The van der Waals surface area contributed by atoms with Crippen LogP contribution in [0.15, 0.2) is 52.5 Å². The van der Waals surface area contributed by atoms with E-state index in [4.69, 9.17) is 41.3 Å². The Morgan fingerprint density at radius 3 is 2.43 bits per heavy atom. The molecule has 0 bridgehead atoms. The van der Waals surface area contributed by atoms with Gasteiger partial charge in [0.05, 0.1) is 24.9 Å². The second-order valence-electron chi connectivity index (χ2n) is 11.6. The molecule has 1 aliphatic heterocycles. The van der Waals surface area contributed by atoms with Crippen molar-refractivity contribution in [1.29, 1.82) is 0 Å². The molecule has 13 heteroatoms. The average Bonchev–Trinajstić information content (AvgIpc) is 2.97. The fraction of sp³-hybridized carbons (Fsp3) is 0.419. The SMILES string of the molecule is COC(=O)c1nc(Sc2ccnc(N)c2Cl)c(OCc2ccc(OC)cc2)cc1N1CCC(C)(NC(=O)OC(C)(C)C)CC1. The van der Waals surface area contributed by atoms with Crippen LogP contribution in [0.4, 0.5) is 16.3 Å². The number of amides is 1. The number of carbonyl (C=O) groups excluding carboxylic acids is 2. The largest absolute Gasteiger partial charge is 0.497 e. The van der Waals surface area contributed by atoms with Gasteiger partial charge in [-0.05, 0) is 64.3 Å². The van der Waals surface area contributed by atoms with Crippen LogP contribution in [0, 0.1) is 0 Å². The quantitative estimate of drug-likeness (QED) is 0.261. The van der Waals surface area contributed by atoms with Crippen LogP contribution in [0.5, 0.6) is 11.5 Å². The van der Waals surface area contributed by atoms with Crippen LogP contribution < -0.4 is 25.4 Å². The Morgan fingerprint density at radius 1 is 1.14 bits per heavy atom. The first kappa shape index (κ1) is 33.0. The minimum Gasteiger partial charge on any atom is -0.497 e. The molecule has 3 N–H and O–H groups in total. The third-order valence-electron chi connectivity index (χ3n) is 6.96. The number of carbonyl (C=O) groups is 2. The summed E-state index contributed by atoms with van der Waals surface area (Å²) in [6, 6.07) is 11.0. The Hall–Kier alpha value is -3.90. The third kappa shape index (κ3) is 8.38. The topological polar surface area (TPSA) is 138 Å². The molecule has 44 heavy (non-hydrogen) atoms. The number of rotatable bonds is 9. The zero-order valence-corrected chi connectivity index (χ0v) is 27.3. The summed E-state index contributed by atoms with van der Waals surface area (Å²) in [5, 5.41) is 3.70. The number of anilines is 2. The number of ether oxygens (including phenoxy) is 4. The van der Waals surface area contributed by atoms with Gasteiger partial charge in [-0.3, -0.25) is 0 Å². The molecule has 1 fully saturated rings. The van der Waals surface area contributed by atoms with E-state index in [1.54, 1.807) is 25.4 Å². The number of aromatic nitrogens is 2. The molecule has 0 spiro atoms. The van der Waals surface area contributed by atoms with E-state index in [2.05, 4.69) is 10.3 Å². The summed E-state index contributed by atoms with van der Waals surface area (Å²) in [6.45, 7) is 8.78. The number of nitrogens with one attached hydrogen (secondary N) is 1. The van der Waals surface area contributed by atoms with Gasteiger partial charge < -0.3 is 34.9 Å². The first-order chi connectivity index (χ1) is 20.8. The van der Waals surface area contributed by atoms with E-state index < -0.39 is 23.2 Å². The number of piperidine rings is 1. The van der Waals surface area contributed by atoms with E-state index in [1.807, 2.05) is 56.9 Å². The van der Waals surface area contributed by atoms with Crippen LogP contribution in [0.1, 0.15) is 56.6 Å². The van der Waals surface area contributed by atoms with Crippen molar-refractivity contribution in [1.82, 2.24) is 15.3 Å². The average molecular weight is 644 g/mol. The highest BCUT2D eigenvalue weighted by Gasteiger charge is 2.35. The normalized spacial score (nSPS) is 14.5. The number of nitrogens with zero attached hydrogens (tertiary/aromatic N) is 3. The van der Waals surface area contributed by atoms with Crippen molar-refractivity contribution in [3.63, 3.8) is 0 Å². The molecule has 236 valence electrons. The van der Waals surface area contributed by atoms with Crippen molar-refractivity contribution < 1.29 is 28.5 Å². The maximum atomic E-state index is 13.1. The van der Waals surface area contributed by atoms with Crippen molar-refractivity contribution in [3.05, 3.63) is 58.9 Å². The summed E-state index contributed by atoms with van der Waals surface area (Å²) in [7, 11) is 2.92. The minimum absolute atomic E-state index is 0.133. The highest BCUT2D eigenvalue weighted by atomic mass is 35.5. The van der Waals surface area contributed by atoms with E-state index in [9.17, 15) is 9.59 Å². The van der Waals surface area contributed by atoms with Crippen LogP contribution in [0.3, 0.4) is 0 Å². The van der Waals surface area contributed by atoms with Gasteiger partial charge in [-0.25, -0.2) is 19.6 Å². The molecule has 0 atom stereocenters. The summed E-state index contributed by atoms with van der Waals surface area (Å²) in [6.07, 6.45) is 2.30. The van der Waals surface area contributed by atoms with Crippen molar-refractivity contribution in [3.8, 4) is 11.5 Å². The summed E-state index contributed by atoms with van der Waals surface area (Å²) in [4.78, 5) is 37.0. The van der Waals surface area contributed by atoms with Crippen LogP contribution in [0.2, 0.25) is 5.02 Å². The lowest BCUT2D eigenvalue weighted by atomic mass is 9.89. The van der Waals surface area contributed by atoms with E-state index in [0.717, 1.165) is 11.3 Å². The number of nitrogen functional groups attached to an aromatic ring is 1. The Labute approximate surface area is 266 Å². The van der Waals surface area contributed by atoms with Gasteiger partial charge in [0.15, 0.2) is 11.4 Å². The maximum absolute atomic E-state index is 13.1. The lowest BCUT2D eigenvalue weighted by Gasteiger charge is -2.41. The first-order valence-electron chi connectivity index (χ1n) is 14.0. The Bertz CT molecular complexity index is 1490. The number of pyridine rings is 2. The van der Waals surface area contributed by atoms with Gasteiger partial charge >= 0.3 is 12.1 Å². The number of hydrogen-bond donors (Lipinski definition) is 2. The number of alkyl carbamates (subject to hydrolysis) is 1. The molecule has 0 aliphatic carbocycles. The molecular formula is C31H38ClN5O6S. The molecule has 4 rings (SSSR count). The minimum atomic E-state index is -0.601. The highest BCUT2D eigenvalue weighted by molar-refractivity contribution is 7.99. The van der Waals surface area contributed by atoms with Gasteiger partial charge in [0.2, 0.25) is 0 Å². The lowest BCUT2D eigenvalue weighted by molar-refractivity contribution is 0.0448. The second-order valence-corrected chi connectivity index (χ2v) is 13.0. The maximum Gasteiger partial charge on any atom is 0.408 e. The fourth-order valence-corrected chi connectivity index (χ4v) is 5.67. The highest BCUT2D eigenvalue weighted by Crippen LogP contribution is 2.42. The van der Waals surface area contributed by atoms with E-state index in [1.165, 1.54) is 18.9 Å². The zero-order valence-electron chi connectivity index (χ0n) is 25.7. The number of benzene rings is 1. The monoisotopic (exact) mass is 643 g/mol. The fourth-order valence-electron chi connectivity index (χ4n) is 4.56. The Kier molecular flexibility index (Phi) is 10.4. The number of methoxy groups -OCH3 is 2. The van der Waals surface area contributed by atoms with Crippen LogP contribution in [-0.4, -0.2) is 60.5 Å². The molecule has 0 unspecified atom stereocenters. The number of nitrogens with two attached hydrogens (primary N) is 1. The summed E-state index contributed by atoms with van der Waals surface area (Å²) in [5.41, 5.74) is 6.46. The molecule has 11 nitrogen and oxygen atoms in total. The molecule has 1 amide bonds. The summed E-state index contributed by atoms with van der Waals surface area (Å²) >= 11 is 7.66. The van der Waals surface area contributed by atoms with Crippen LogP contribution in [-0.2, 0) is 16.1 Å².